The van der Waals surface area contributed by atoms with Crippen LogP contribution in [0.25, 0.3) is 0 Å². The van der Waals surface area contributed by atoms with Crippen LogP contribution in [0.3, 0.4) is 0 Å². The summed E-state index contributed by atoms with van der Waals surface area (Å²) in [5, 5.41) is 0. The molecule has 0 amide bonds. The molecule has 0 radical (unpaired) electrons. The molecular weight excluding hydrogens is 417 g/mol. The molecule has 0 spiro atoms. The van der Waals surface area contributed by atoms with E-state index in [4.69, 9.17) is 4.74 Å². The average Bonchev–Trinajstić information content (AvgIpc) is 2.74. The van der Waals surface area contributed by atoms with E-state index < -0.39 is 16.2 Å². The summed E-state index contributed by atoms with van der Waals surface area (Å²) in [4.78, 5) is 8.22. The summed E-state index contributed by atoms with van der Waals surface area (Å²) < 4.78 is 47.9. The van der Waals surface area contributed by atoms with Crippen LogP contribution in [0.5, 0.6) is 5.75 Å². The molecule has 0 saturated heterocycles. The first-order valence-electron chi connectivity index (χ1n) is 9.91. The van der Waals surface area contributed by atoms with Gasteiger partial charge in [-0.2, -0.15) is 0 Å². The number of aryl methyl sites for hydroxylation is 3. The lowest BCUT2D eigenvalue weighted by Gasteiger charge is -2.27. The Bertz CT molecular complexity index is 1130. The van der Waals surface area contributed by atoms with Gasteiger partial charge in [0.2, 0.25) is 0 Å². The fourth-order valence-corrected chi connectivity index (χ4v) is 4.50. The maximum atomic E-state index is 14.1. The first-order chi connectivity index (χ1) is 14.7. The maximum absolute atomic E-state index is 14.1. The van der Waals surface area contributed by atoms with Crippen molar-refractivity contribution in [3.05, 3.63) is 77.4 Å². The first kappa shape index (κ1) is 22.7. The minimum absolute atomic E-state index is 0.0139. The van der Waals surface area contributed by atoms with E-state index in [1.165, 1.54) is 31.5 Å². The fraction of sp³-hybridized carbons (Fsp3) is 0.304. The zero-order valence-corrected chi connectivity index (χ0v) is 18.9. The highest BCUT2D eigenvalue weighted by Crippen LogP contribution is 2.36. The van der Waals surface area contributed by atoms with Crippen molar-refractivity contribution >= 4 is 15.7 Å². The molecule has 3 aromatic rings. The lowest BCUT2D eigenvalue weighted by atomic mass is 10.1. The summed E-state index contributed by atoms with van der Waals surface area (Å²) in [5.74, 6) is 0.346. The summed E-state index contributed by atoms with van der Waals surface area (Å²) in [5.41, 5.74) is 3.82. The van der Waals surface area contributed by atoms with Crippen LogP contribution in [-0.4, -0.2) is 31.1 Å². The molecule has 3 rings (SSSR count). The van der Waals surface area contributed by atoms with Gasteiger partial charge in [-0.3, -0.25) is 14.3 Å². The number of benzene rings is 1. The topological polar surface area (TPSA) is 72.4 Å². The van der Waals surface area contributed by atoms with Gasteiger partial charge < -0.3 is 4.74 Å². The van der Waals surface area contributed by atoms with Gasteiger partial charge in [0.15, 0.2) is 0 Å². The van der Waals surface area contributed by atoms with Crippen LogP contribution in [0.2, 0.25) is 0 Å². The second-order valence-corrected chi connectivity index (χ2v) is 9.39. The number of nitrogens with zero attached hydrogens (tertiary/aromatic N) is 3. The van der Waals surface area contributed by atoms with Gasteiger partial charge in [0.1, 0.15) is 23.4 Å². The van der Waals surface area contributed by atoms with Crippen molar-refractivity contribution in [2.75, 3.05) is 10.8 Å². The molecule has 2 heterocycles. The third-order valence-corrected chi connectivity index (χ3v) is 6.60. The van der Waals surface area contributed by atoms with Crippen molar-refractivity contribution in [3.63, 3.8) is 0 Å². The van der Waals surface area contributed by atoms with E-state index in [-0.39, 0.29) is 23.7 Å². The number of pyridine rings is 2. The zero-order valence-electron chi connectivity index (χ0n) is 18.0. The highest BCUT2D eigenvalue weighted by atomic mass is 32.2. The van der Waals surface area contributed by atoms with Gasteiger partial charge in [-0.25, -0.2) is 12.8 Å². The number of rotatable bonds is 8. The van der Waals surface area contributed by atoms with Crippen LogP contribution < -0.4 is 9.04 Å². The summed E-state index contributed by atoms with van der Waals surface area (Å²) in [7, 11) is -4.05. The summed E-state index contributed by atoms with van der Waals surface area (Å²) in [6.45, 7) is 6.86. The van der Waals surface area contributed by atoms with Crippen LogP contribution >= 0.6 is 0 Å². The Kier molecular flexibility index (Phi) is 6.90. The second-order valence-electron chi connectivity index (χ2n) is 7.53. The first-order valence-corrected chi connectivity index (χ1v) is 11.3. The number of hydrogen-bond donors (Lipinski definition) is 0. The molecule has 0 aliphatic heterocycles. The highest BCUT2D eigenvalue weighted by molar-refractivity contribution is 7.92. The van der Waals surface area contributed by atoms with Gasteiger partial charge in [-0.15, -0.1) is 0 Å². The highest BCUT2D eigenvalue weighted by Gasteiger charge is 2.29. The van der Waals surface area contributed by atoms with E-state index in [0.717, 1.165) is 21.0 Å². The summed E-state index contributed by atoms with van der Waals surface area (Å²) >= 11 is 0. The number of halogens is 1. The van der Waals surface area contributed by atoms with Crippen LogP contribution in [0.1, 0.15) is 29.3 Å². The molecule has 6 nitrogen and oxygen atoms in total. The molecule has 0 fully saturated rings. The van der Waals surface area contributed by atoms with E-state index >= 15 is 0 Å². The van der Waals surface area contributed by atoms with Crippen molar-refractivity contribution < 1.29 is 17.5 Å². The molecule has 8 heteroatoms. The number of aromatic nitrogens is 2. The van der Waals surface area contributed by atoms with Crippen molar-refractivity contribution in [1.29, 1.82) is 0 Å². The van der Waals surface area contributed by atoms with Crippen LogP contribution in [0, 0.1) is 20.8 Å². The number of sulfonamides is 1. The third kappa shape index (κ3) is 5.38. The minimum atomic E-state index is -4.05. The van der Waals surface area contributed by atoms with E-state index in [2.05, 4.69) is 9.97 Å². The van der Waals surface area contributed by atoms with Crippen LogP contribution in [0.4, 0.5) is 10.1 Å². The monoisotopic (exact) mass is 443 g/mol. The largest absolute Gasteiger partial charge is 0.485 e. The molecular formula is C23H26FN3O3S. The number of anilines is 1. The number of hydrogen-bond acceptors (Lipinski definition) is 5. The van der Waals surface area contributed by atoms with Gasteiger partial charge in [-0.05, 0) is 74.7 Å². The molecule has 0 N–H and O–H groups in total. The fourth-order valence-electron chi connectivity index (χ4n) is 3.00. The quantitative estimate of drug-likeness (QED) is 0.511. The van der Waals surface area contributed by atoms with Gasteiger partial charge >= 0.3 is 0 Å². The molecule has 1 atom stereocenters. The normalized spacial score (nSPS) is 12.4. The van der Waals surface area contributed by atoms with Crippen molar-refractivity contribution in [2.24, 2.45) is 0 Å². The summed E-state index contributed by atoms with van der Waals surface area (Å²) in [6.07, 6.45) is 3.09. The molecule has 0 bridgehead atoms. The van der Waals surface area contributed by atoms with E-state index in [1.807, 2.05) is 32.9 Å². The van der Waals surface area contributed by atoms with Gasteiger partial charge in [-0.1, -0.05) is 6.07 Å². The standard InChI is InChI=1S/C23H26FN3O3S/c1-16-7-8-20(26-12-16)15-30-23-11-18(3)17(2)10-22(23)27(14-19(4)24)31(28,29)21-6-5-9-25-13-21/h5-13,19H,14-15H2,1-4H3. The van der Waals surface area contributed by atoms with Gasteiger partial charge in [0, 0.05) is 18.6 Å². The Morgan fingerprint density at radius 2 is 1.84 bits per heavy atom. The Balaban J connectivity index is 2.05. The molecule has 164 valence electrons. The smallest absolute Gasteiger partial charge is 0.266 e. The van der Waals surface area contributed by atoms with Gasteiger partial charge in [0.25, 0.3) is 10.0 Å². The molecule has 1 unspecified atom stereocenters. The number of alkyl halides is 1. The lowest BCUT2D eigenvalue weighted by molar-refractivity contribution is 0.301. The van der Waals surface area contributed by atoms with Crippen molar-refractivity contribution in [2.45, 2.75) is 45.4 Å². The Morgan fingerprint density at radius 1 is 1.10 bits per heavy atom. The Morgan fingerprint density at radius 3 is 2.45 bits per heavy atom. The third-order valence-electron chi connectivity index (χ3n) is 4.83. The average molecular weight is 444 g/mol. The van der Waals surface area contributed by atoms with Crippen molar-refractivity contribution in [1.82, 2.24) is 9.97 Å². The second kappa shape index (κ2) is 9.43. The predicted molar refractivity (Wildman–Crippen MR) is 119 cm³/mol. The predicted octanol–water partition coefficient (Wildman–Crippen LogP) is 4.53. The number of ether oxygens (including phenoxy) is 1. The van der Waals surface area contributed by atoms with E-state index in [1.54, 1.807) is 18.3 Å². The zero-order chi connectivity index (χ0) is 22.6. The van der Waals surface area contributed by atoms with Crippen LogP contribution in [-0.2, 0) is 16.6 Å². The van der Waals surface area contributed by atoms with Crippen molar-refractivity contribution in [3.8, 4) is 5.75 Å². The van der Waals surface area contributed by atoms with Gasteiger partial charge in [0.05, 0.1) is 17.9 Å². The van der Waals surface area contributed by atoms with E-state index in [9.17, 15) is 12.8 Å². The molecule has 0 aliphatic carbocycles. The van der Waals surface area contributed by atoms with E-state index in [0.29, 0.717) is 11.4 Å². The minimum Gasteiger partial charge on any atom is -0.485 e. The Hall–Kier alpha value is -3.00. The SMILES string of the molecule is Cc1ccc(COc2cc(C)c(C)cc2N(CC(C)F)S(=O)(=O)c2cccnc2)nc1. The molecule has 0 aliphatic rings. The lowest BCUT2D eigenvalue weighted by Crippen LogP contribution is -2.36. The molecule has 0 saturated carbocycles. The Labute approximate surface area is 182 Å². The summed E-state index contributed by atoms with van der Waals surface area (Å²) in [6, 6.07) is 10.2. The maximum Gasteiger partial charge on any atom is 0.266 e. The molecule has 2 aromatic heterocycles. The molecule has 1 aromatic carbocycles. The molecule has 31 heavy (non-hydrogen) atoms. The van der Waals surface area contributed by atoms with Crippen LogP contribution in [0.15, 0.2) is 59.9 Å².